The van der Waals surface area contributed by atoms with Crippen LogP contribution in [0.5, 0.6) is 0 Å². The highest BCUT2D eigenvalue weighted by molar-refractivity contribution is 5.14. The fraction of sp³-hybridized carbons (Fsp3) is 0.400. The summed E-state index contributed by atoms with van der Waals surface area (Å²) in [7, 11) is 0. The number of aromatic nitrogens is 3. The number of aliphatic hydroxyl groups is 1. The smallest absolute Gasteiger partial charge is 0.307 e. The normalized spacial score (nSPS) is 10.8. The van der Waals surface area contributed by atoms with E-state index >= 15 is 0 Å². The lowest BCUT2D eigenvalue weighted by Gasteiger charge is -2.00. The molecule has 0 unspecified atom stereocenters. The minimum atomic E-state index is -0.110. The van der Waals surface area contributed by atoms with Crippen LogP contribution in [0.4, 0.5) is 0 Å². The fourth-order valence-corrected chi connectivity index (χ4v) is 1.40. The Morgan fingerprint density at radius 3 is 3.07 bits per heavy atom. The van der Waals surface area contributed by atoms with Crippen molar-refractivity contribution in [3.05, 3.63) is 30.2 Å². The van der Waals surface area contributed by atoms with Crippen molar-refractivity contribution in [1.29, 1.82) is 0 Å². The highest BCUT2D eigenvalue weighted by atomic mass is 16.4. The fourth-order valence-electron chi connectivity index (χ4n) is 1.40. The van der Waals surface area contributed by atoms with E-state index in [2.05, 4.69) is 16.9 Å². The maximum absolute atomic E-state index is 8.87. The van der Waals surface area contributed by atoms with Gasteiger partial charge in [-0.15, -0.1) is 0 Å². The van der Waals surface area contributed by atoms with E-state index in [0.717, 1.165) is 18.7 Å². The van der Waals surface area contributed by atoms with Gasteiger partial charge in [0.2, 0.25) is 0 Å². The summed E-state index contributed by atoms with van der Waals surface area (Å²) in [5, 5.41) is 8.87. The van der Waals surface area contributed by atoms with Gasteiger partial charge in [-0.2, -0.15) is 4.98 Å². The van der Waals surface area contributed by atoms with E-state index in [0.29, 0.717) is 11.7 Å². The highest BCUT2D eigenvalue weighted by Crippen LogP contribution is 2.11. The van der Waals surface area contributed by atoms with Gasteiger partial charge >= 0.3 is 6.01 Å². The number of imidazole rings is 1. The first-order valence-corrected chi connectivity index (χ1v) is 4.93. The highest BCUT2D eigenvalue weighted by Gasteiger charge is 2.09. The summed E-state index contributed by atoms with van der Waals surface area (Å²) < 4.78 is 7.03. The average molecular weight is 207 g/mol. The molecule has 0 aromatic carbocycles. The monoisotopic (exact) mass is 207 g/mol. The molecule has 2 rings (SSSR count). The van der Waals surface area contributed by atoms with Crippen molar-refractivity contribution in [2.24, 2.45) is 0 Å². The van der Waals surface area contributed by atoms with E-state index in [4.69, 9.17) is 9.52 Å². The number of aliphatic hydroxyl groups excluding tert-OH is 1. The lowest BCUT2D eigenvalue weighted by Crippen LogP contribution is -2.00. The Hall–Kier alpha value is -1.62. The molecular weight excluding hydrogens is 194 g/mol. The quantitative estimate of drug-likeness (QED) is 0.820. The second-order valence-corrected chi connectivity index (χ2v) is 3.24. The van der Waals surface area contributed by atoms with Crippen LogP contribution in [0, 0.1) is 0 Å². The zero-order valence-corrected chi connectivity index (χ0v) is 8.55. The van der Waals surface area contributed by atoms with Crippen LogP contribution < -0.4 is 0 Å². The van der Waals surface area contributed by atoms with Crippen LogP contribution in [-0.2, 0) is 13.0 Å². The van der Waals surface area contributed by atoms with Crippen LogP contribution >= 0.6 is 0 Å². The molecule has 0 saturated carbocycles. The Bertz CT molecular complexity index is 433. The topological polar surface area (TPSA) is 64.1 Å². The van der Waals surface area contributed by atoms with E-state index < -0.39 is 0 Å². The molecule has 0 spiro atoms. The van der Waals surface area contributed by atoms with Gasteiger partial charge in [0.25, 0.3) is 0 Å². The molecule has 1 N–H and O–H groups in total. The molecule has 2 aromatic rings. The zero-order valence-electron chi connectivity index (χ0n) is 8.55. The van der Waals surface area contributed by atoms with Crippen LogP contribution in [0.25, 0.3) is 6.01 Å². The predicted molar refractivity (Wildman–Crippen MR) is 53.5 cm³/mol. The maximum atomic E-state index is 8.87. The SMILES string of the molecule is CCCc1nccn1-c1nc(CO)co1. The van der Waals surface area contributed by atoms with Crippen LogP contribution in [0.2, 0.25) is 0 Å². The van der Waals surface area contributed by atoms with Gasteiger partial charge in [-0.05, 0) is 6.42 Å². The molecule has 2 aromatic heterocycles. The average Bonchev–Trinajstić information content (AvgIpc) is 2.85. The van der Waals surface area contributed by atoms with Gasteiger partial charge in [-0.25, -0.2) is 4.98 Å². The third-order valence-corrected chi connectivity index (χ3v) is 2.10. The minimum absolute atomic E-state index is 0.110. The zero-order chi connectivity index (χ0) is 10.7. The molecule has 2 heterocycles. The molecule has 0 amide bonds. The van der Waals surface area contributed by atoms with Crippen LogP contribution in [0.3, 0.4) is 0 Å². The van der Waals surface area contributed by atoms with Gasteiger partial charge in [0.1, 0.15) is 17.8 Å². The third kappa shape index (κ3) is 1.92. The first kappa shape index (κ1) is 9.92. The molecular formula is C10H13N3O2. The Kier molecular flexibility index (Phi) is 2.82. The first-order chi connectivity index (χ1) is 7.35. The van der Waals surface area contributed by atoms with Crippen molar-refractivity contribution in [2.45, 2.75) is 26.4 Å². The molecule has 0 fully saturated rings. The van der Waals surface area contributed by atoms with E-state index in [1.54, 1.807) is 17.0 Å². The molecule has 0 aliphatic rings. The summed E-state index contributed by atoms with van der Waals surface area (Å²) >= 11 is 0. The number of rotatable bonds is 4. The third-order valence-electron chi connectivity index (χ3n) is 2.10. The molecule has 5 heteroatoms. The Morgan fingerprint density at radius 2 is 2.40 bits per heavy atom. The molecule has 0 atom stereocenters. The summed E-state index contributed by atoms with van der Waals surface area (Å²) in [6, 6.07) is 0.458. The lowest BCUT2D eigenvalue weighted by molar-refractivity contribution is 0.276. The van der Waals surface area contributed by atoms with Crippen molar-refractivity contribution >= 4 is 0 Å². The summed E-state index contributed by atoms with van der Waals surface area (Å²) in [6.45, 7) is 1.98. The summed E-state index contributed by atoms with van der Waals surface area (Å²) in [5.41, 5.74) is 0.529. The predicted octanol–water partition coefficient (Wildman–Crippen LogP) is 1.31. The van der Waals surface area contributed by atoms with Crippen molar-refractivity contribution < 1.29 is 9.52 Å². The molecule has 15 heavy (non-hydrogen) atoms. The molecule has 80 valence electrons. The molecule has 0 aliphatic carbocycles. The van der Waals surface area contributed by atoms with Crippen LogP contribution in [-0.4, -0.2) is 19.6 Å². The number of aryl methyl sites for hydroxylation is 1. The van der Waals surface area contributed by atoms with E-state index in [1.807, 2.05) is 0 Å². The Morgan fingerprint density at radius 1 is 1.53 bits per heavy atom. The molecule has 0 radical (unpaired) electrons. The standard InChI is InChI=1S/C10H13N3O2/c1-2-3-9-11-4-5-13(9)10-12-8(6-14)7-15-10/h4-5,7,14H,2-3,6H2,1H3. The van der Waals surface area contributed by atoms with E-state index in [9.17, 15) is 0 Å². The number of hydrogen-bond donors (Lipinski definition) is 1. The van der Waals surface area contributed by atoms with Crippen molar-refractivity contribution in [2.75, 3.05) is 0 Å². The van der Waals surface area contributed by atoms with Crippen molar-refractivity contribution in [3.63, 3.8) is 0 Å². The van der Waals surface area contributed by atoms with E-state index in [1.165, 1.54) is 6.26 Å². The maximum Gasteiger partial charge on any atom is 0.307 e. The lowest BCUT2D eigenvalue weighted by atomic mass is 10.3. The van der Waals surface area contributed by atoms with Crippen molar-refractivity contribution in [3.8, 4) is 6.01 Å². The first-order valence-electron chi connectivity index (χ1n) is 4.93. The van der Waals surface area contributed by atoms with Gasteiger partial charge in [-0.3, -0.25) is 4.57 Å². The Labute approximate surface area is 87.4 Å². The molecule has 0 bridgehead atoms. The van der Waals surface area contributed by atoms with Gasteiger partial charge in [0.05, 0.1) is 6.61 Å². The molecule has 5 nitrogen and oxygen atoms in total. The Balaban J connectivity index is 2.31. The van der Waals surface area contributed by atoms with E-state index in [-0.39, 0.29) is 6.61 Å². The number of oxazole rings is 1. The minimum Gasteiger partial charge on any atom is -0.431 e. The van der Waals surface area contributed by atoms with Gasteiger partial charge in [0.15, 0.2) is 0 Å². The van der Waals surface area contributed by atoms with Crippen molar-refractivity contribution in [1.82, 2.24) is 14.5 Å². The summed E-state index contributed by atoms with van der Waals surface area (Å²) in [6.07, 6.45) is 6.87. The number of hydrogen-bond acceptors (Lipinski definition) is 4. The molecule has 0 saturated heterocycles. The summed E-state index contributed by atoms with van der Waals surface area (Å²) in [4.78, 5) is 8.34. The van der Waals surface area contributed by atoms with Crippen LogP contribution in [0.1, 0.15) is 24.9 Å². The van der Waals surface area contributed by atoms with Gasteiger partial charge in [0, 0.05) is 18.8 Å². The van der Waals surface area contributed by atoms with Gasteiger partial charge < -0.3 is 9.52 Å². The molecule has 0 aliphatic heterocycles. The number of nitrogens with zero attached hydrogens (tertiary/aromatic N) is 3. The summed E-state index contributed by atoms with van der Waals surface area (Å²) in [5.74, 6) is 0.920. The second kappa shape index (κ2) is 4.27. The largest absolute Gasteiger partial charge is 0.431 e. The second-order valence-electron chi connectivity index (χ2n) is 3.24. The van der Waals surface area contributed by atoms with Gasteiger partial charge in [-0.1, -0.05) is 6.92 Å². The van der Waals surface area contributed by atoms with Crippen LogP contribution in [0.15, 0.2) is 23.1 Å².